The maximum atomic E-state index is 12.7. The molecule has 4 saturated carbocycles. The molecule has 0 aliphatic heterocycles. The third-order valence-electron chi connectivity index (χ3n) is 7.73. The van der Waals surface area contributed by atoms with E-state index in [-0.39, 0.29) is 40.9 Å². The predicted molar refractivity (Wildman–Crippen MR) is 89.1 cm³/mol. The summed E-state index contributed by atoms with van der Waals surface area (Å²) in [5.74, 6) is -0.140. The summed E-state index contributed by atoms with van der Waals surface area (Å²) in [6.07, 6.45) is 8.83. The van der Waals surface area contributed by atoms with Crippen LogP contribution >= 0.6 is 0 Å². The first-order chi connectivity index (χ1) is 11.4. The SMILES string of the molecule is CCC(CC)C(=O)OC1CC23CC(C(=O)OC4(C)CCCC4)C12C3. The lowest BCUT2D eigenvalue weighted by atomic mass is 9.51. The molecule has 0 radical (unpaired) electrons. The molecule has 0 aromatic carbocycles. The minimum atomic E-state index is -0.258. The van der Waals surface area contributed by atoms with E-state index in [4.69, 9.17) is 9.47 Å². The Kier molecular flexibility index (Phi) is 3.57. The second-order valence-electron chi connectivity index (χ2n) is 8.98. The lowest BCUT2D eigenvalue weighted by molar-refractivity contribution is -0.210. The minimum Gasteiger partial charge on any atom is -0.461 e. The molecule has 4 atom stereocenters. The topological polar surface area (TPSA) is 52.6 Å². The van der Waals surface area contributed by atoms with E-state index in [0.717, 1.165) is 57.8 Å². The molecule has 4 nitrogen and oxygen atoms in total. The fraction of sp³-hybridized carbons (Fsp3) is 0.900. The van der Waals surface area contributed by atoms with Gasteiger partial charge in [-0.1, -0.05) is 13.8 Å². The van der Waals surface area contributed by atoms with Crippen molar-refractivity contribution in [3.8, 4) is 0 Å². The number of carbonyl (C=O) groups excluding carboxylic acids is 2. The Balaban J connectivity index is 1.38. The number of rotatable bonds is 6. The molecule has 0 saturated heterocycles. The zero-order valence-electron chi connectivity index (χ0n) is 15.2. The standard InChI is InChI=1S/C20H30O4/c1-4-13(5-2)16(21)23-15-11-19-10-14(20(15,19)12-19)17(22)24-18(3)8-6-7-9-18/h13-15H,4-12H2,1-3H3. The molecule has 4 aliphatic carbocycles. The van der Waals surface area contributed by atoms with Crippen LogP contribution in [0.2, 0.25) is 0 Å². The van der Waals surface area contributed by atoms with Crippen LogP contribution in [0.5, 0.6) is 0 Å². The molecule has 0 amide bonds. The first kappa shape index (κ1) is 16.4. The highest BCUT2D eigenvalue weighted by molar-refractivity contribution is 5.79. The van der Waals surface area contributed by atoms with Gasteiger partial charge in [0.1, 0.15) is 11.7 Å². The highest BCUT2D eigenvalue weighted by Gasteiger charge is 2.91. The van der Waals surface area contributed by atoms with E-state index in [1.165, 1.54) is 0 Å². The van der Waals surface area contributed by atoms with Gasteiger partial charge in [0.05, 0.1) is 11.8 Å². The van der Waals surface area contributed by atoms with Crippen molar-refractivity contribution in [2.75, 3.05) is 0 Å². The maximum Gasteiger partial charge on any atom is 0.310 e. The van der Waals surface area contributed by atoms with Crippen molar-refractivity contribution in [1.82, 2.24) is 0 Å². The first-order valence-corrected chi connectivity index (χ1v) is 9.83. The summed E-state index contributed by atoms with van der Waals surface area (Å²) >= 11 is 0. The quantitative estimate of drug-likeness (QED) is 0.689. The molecular weight excluding hydrogens is 304 g/mol. The van der Waals surface area contributed by atoms with Gasteiger partial charge in [0.15, 0.2) is 0 Å². The van der Waals surface area contributed by atoms with Gasteiger partial charge < -0.3 is 9.47 Å². The molecule has 4 aliphatic rings. The second kappa shape index (κ2) is 5.22. The van der Waals surface area contributed by atoms with E-state index in [9.17, 15) is 9.59 Å². The van der Waals surface area contributed by atoms with Gasteiger partial charge >= 0.3 is 11.9 Å². The van der Waals surface area contributed by atoms with Gasteiger partial charge in [0.2, 0.25) is 0 Å². The summed E-state index contributed by atoms with van der Waals surface area (Å²) in [5.41, 5.74) is -0.000813. The van der Waals surface area contributed by atoms with Gasteiger partial charge in [0.25, 0.3) is 0 Å². The molecule has 4 fully saturated rings. The zero-order chi connectivity index (χ0) is 17.2. The number of ether oxygens (including phenoxy) is 2. The Bertz CT molecular complexity index is 560. The van der Waals surface area contributed by atoms with Gasteiger partial charge in [-0.15, -0.1) is 0 Å². The summed E-state index contributed by atoms with van der Waals surface area (Å²) in [7, 11) is 0. The Morgan fingerprint density at radius 3 is 2.33 bits per heavy atom. The molecule has 0 aromatic heterocycles. The summed E-state index contributed by atoms with van der Waals surface area (Å²) in [6.45, 7) is 6.13. The second-order valence-corrected chi connectivity index (χ2v) is 8.98. The normalized spacial score (nSPS) is 40.8. The summed E-state index contributed by atoms with van der Waals surface area (Å²) in [5, 5.41) is 0. The maximum absolute atomic E-state index is 12.7. The molecule has 0 heterocycles. The van der Waals surface area contributed by atoms with E-state index in [1.807, 2.05) is 13.8 Å². The highest BCUT2D eigenvalue weighted by Crippen LogP contribution is 2.91. The van der Waals surface area contributed by atoms with Crippen molar-refractivity contribution in [2.24, 2.45) is 22.7 Å². The Labute approximate surface area is 144 Å². The van der Waals surface area contributed by atoms with E-state index in [1.54, 1.807) is 0 Å². The largest absolute Gasteiger partial charge is 0.461 e. The Morgan fingerprint density at radius 2 is 1.79 bits per heavy atom. The van der Waals surface area contributed by atoms with Gasteiger partial charge in [-0.05, 0) is 70.1 Å². The number of esters is 2. The van der Waals surface area contributed by atoms with E-state index >= 15 is 0 Å². The van der Waals surface area contributed by atoms with Crippen LogP contribution in [0.15, 0.2) is 0 Å². The highest BCUT2D eigenvalue weighted by atomic mass is 16.6. The molecule has 24 heavy (non-hydrogen) atoms. The van der Waals surface area contributed by atoms with Crippen LogP contribution in [0.1, 0.15) is 78.6 Å². The monoisotopic (exact) mass is 334 g/mol. The number of carbonyl (C=O) groups is 2. The van der Waals surface area contributed by atoms with E-state index in [2.05, 4.69) is 6.92 Å². The molecule has 4 unspecified atom stereocenters. The van der Waals surface area contributed by atoms with Crippen molar-refractivity contribution in [1.29, 1.82) is 0 Å². The molecule has 0 N–H and O–H groups in total. The number of hydrogen-bond donors (Lipinski definition) is 0. The third kappa shape index (κ3) is 2.04. The fourth-order valence-electron chi connectivity index (χ4n) is 5.98. The fourth-order valence-corrected chi connectivity index (χ4v) is 5.98. The third-order valence-corrected chi connectivity index (χ3v) is 7.73. The van der Waals surface area contributed by atoms with Gasteiger partial charge in [0, 0.05) is 5.41 Å². The predicted octanol–water partition coefficient (Wildman–Crippen LogP) is 4.01. The summed E-state index contributed by atoms with van der Waals surface area (Å²) in [4.78, 5) is 25.0. The van der Waals surface area contributed by atoms with Crippen LogP contribution in [-0.4, -0.2) is 23.6 Å². The number of hydrogen-bond acceptors (Lipinski definition) is 4. The van der Waals surface area contributed by atoms with Crippen molar-refractivity contribution in [3.63, 3.8) is 0 Å². The first-order valence-electron chi connectivity index (χ1n) is 9.83. The van der Waals surface area contributed by atoms with Crippen LogP contribution in [0.3, 0.4) is 0 Å². The van der Waals surface area contributed by atoms with Crippen LogP contribution in [0, 0.1) is 22.7 Å². The van der Waals surface area contributed by atoms with Gasteiger partial charge in [-0.2, -0.15) is 0 Å². The van der Waals surface area contributed by atoms with Crippen LogP contribution in [0.4, 0.5) is 0 Å². The molecular formula is C20H30O4. The lowest BCUT2D eigenvalue weighted by Gasteiger charge is -2.55. The Hall–Kier alpha value is -1.06. The van der Waals surface area contributed by atoms with Crippen molar-refractivity contribution in [2.45, 2.75) is 90.3 Å². The average molecular weight is 334 g/mol. The zero-order valence-corrected chi connectivity index (χ0v) is 15.2. The van der Waals surface area contributed by atoms with Crippen LogP contribution < -0.4 is 0 Å². The molecule has 0 aromatic rings. The van der Waals surface area contributed by atoms with E-state index in [0.29, 0.717) is 5.41 Å². The lowest BCUT2D eigenvalue weighted by Crippen LogP contribution is -2.59. The van der Waals surface area contributed by atoms with E-state index < -0.39 is 0 Å². The molecule has 134 valence electrons. The van der Waals surface area contributed by atoms with Crippen molar-refractivity contribution >= 4 is 11.9 Å². The molecule has 4 rings (SSSR count). The Morgan fingerprint density at radius 1 is 1.12 bits per heavy atom. The minimum absolute atomic E-state index is 0.00183. The van der Waals surface area contributed by atoms with Crippen molar-refractivity contribution in [3.05, 3.63) is 0 Å². The van der Waals surface area contributed by atoms with Crippen molar-refractivity contribution < 1.29 is 19.1 Å². The smallest absolute Gasteiger partial charge is 0.310 e. The van der Waals surface area contributed by atoms with Crippen LogP contribution in [0.25, 0.3) is 0 Å². The molecule has 4 heteroatoms. The molecule has 0 bridgehead atoms. The van der Waals surface area contributed by atoms with Gasteiger partial charge in [-0.3, -0.25) is 9.59 Å². The molecule has 0 spiro atoms. The summed E-state index contributed by atoms with van der Waals surface area (Å²) < 4.78 is 11.7. The average Bonchev–Trinajstić information content (AvgIpc) is 2.92. The van der Waals surface area contributed by atoms with Crippen LogP contribution in [-0.2, 0) is 19.1 Å². The summed E-state index contributed by atoms with van der Waals surface area (Å²) in [6, 6.07) is 0. The van der Waals surface area contributed by atoms with Gasteiger partial charge in [-0.25, -0.2) is 0 Å².